The van der Waals surface area contributed by atoms with Crippen LogP contribution in [0.5, 0.6) is 0 Å². The van der Waals surface area contributed by atoms with Gasteiger partial charge < -0.3 is 5.73 Å². The highest BCUT2D eigenvalue weighted by atomic mass is 127. The number of fused-ring (bicyclic) bond motifs is 1. The highest BCUT2D eigenvalue weighted by Crippen LogP contribution is 2.26. The van der Waals surface area contributed by atoms with Crippen molar-refractivity contribution in [3.63, 3.8) is 0 Å². The average molecular weight is 382 g/mol. The summed E-state index contributed by atoms with van der Waals surface area (Å²) in [5.41, 5.74) is 8.84. The lowest BCUT2D eigenvalue weighted by molar-refractivity contribution is 0.993. The van der Waals surface area contributed by atoms with E-state index in [1.54, 1.807) is 17.5 Å². The molecule has 4 nitrogen and oxygen atoms in total. The average Bonchev–Trinajstić information content (AvgIpc) is 2.89. The van der Waals surface area contributed by atoms with E-state index in [1.807, 2.05) is 11.4 Å². The molecule has 0 atom stereocenters. The molecule has 0 amide bonds. The van der Waals surface area contributed by atoms with Gasteiger partial charge >= 0.3 is 0 Å². The first-order valence-electron chi connectivity index (χ1n) is 5.84. The number of thiophene rings is 1. The smallest absolute Gasteiger partial charge is 0.163 e. The molecule has 0 fully saturated rings. The monoisotopic (exact) mass is 382 g/mol. The maximum Gasteiger partial charge on any atom is 0.163 e. The lowest BCUT2D eigenvalue weighted by Gasteiger charge is -2.07. The summed E-state index contributed by atoms with van der Waals surface area (Å²) < 4.78 is 2.07. The molecule has 0 radical (unpaired) electrons. The van der Waals surface area contributed by atoms with Gasteiger partial charge in [-0.25, -0.2) is 9.97 Å². The Bertz CT molecular complexity index is 753. The third-order valence-electron chi connectivity index (χ3n) is 2.84. The molecule has 0 bridgehead atoms. The van der Waals surface area contributed by atoms with E-state index in [-0.39, 0.29) is 0 Å². The van der Waals surface area contributed by atoms with E-state index < -0.39 is 0 Å². The largest absolute Gasteiger partial charge is 0.383 e. The van der Waals surface area contributed by atoms with E-state index in [2.05, 4.69) is 50.5 Å². The van der Waals surface area contributed by atoms with Crippen LogP contribution in [0.3, 0.4) is 0 Å². The number of hydrogen-bond acceptors (Lipinski definition) is 5. The molecule has 0 saturated heterocycles. The van der Waals surface area contributed by atoms with E-state index >= 15 is 0 Å². The van der Waals surface area contributed by atoms with Crippen molar-refractivity contribution in [1.29, 1.82) is 0 Å². The summed E-state index contributed by atoms with van der Waals surface area (Å²) in [6.07, 6.45) is 2.64. The SMILES string of the molecule is CCc1nc(-c2cnc3ccsc3c2)nc(N)c1I. The highest BCUT2D eigenvalue weighted by molar-refractivity contribution is 14.1. The molecule has 0 aromatic carbocycles. The Kier molecular flexibility index (Phi) is 3.36. The van der Waals surface area contributed by atoms with Gasteiger partial charge in [-0.2, -0.15) is 0 Å². The van der Waals surface area contributed by atoms with Gasteiger partial charge in [-0.15, -0.1) is 11.3 Å². The van der Waals surface area contributed by atoms with Crippen molar-refractivity contribution in [3.05, 3.63) is 33.0 Å². The Morgan fingerprint density at radius 2 is 2.21 bits per heavy atom. The van der Waals surface area contributed by atoms with Crippen LogP contribution in [0.2, 0.25) is 0 Å². The van der Waals surface area contributed by atoms with Crippen LogP contribution in [0.1, 0.15) is 12.6 Å². The number of nitrogen functional groups attached to an aromatic ring is 1. The summed E-state index contributed by atoms with van der Waals surface area (Å²) in [5.74, 6) is 1.19. The third kappa shape index (κ3) is 2.30. The van der Waals surface area contributed by atoms with Crippen molar-refractivity contribution in [2.45, 2.75) is 13.3 Å². The van der Waals surface area contributed by atoms with Gasteiger partial charge in [0.25, 0.3) is 0 Å². The molecule has 0 aliphatic rings. The molecule has 0 aliphatic heterocycles. The molecule has 3 aromatic heterocycles. The van der Waals surface area contributed by atoms with Gasteiger partial charge in [0.1, 0.15) is 5.82 Å². The Hall–Kier alpha value is -1.28. The van der Waals surface area contributed by atoms with Gasteiger partial charge in [0.2, 0.25) is 0 Å². The summed E-state index contributed by atoms with van der Waals surface area (Å²) >= 11 is 3.85. The zero-order valence-corrected chi connectivity index (χ0v) is 13.2. The predicted molar refractivity (Wildman–Crippen MR) is 87.2 cm³/mol. The molecular formula is C13H11IN4S. The Balaban J connectivity index is 2.17. The Morgan fingerprint density at radius 3 is 3.00 bits per heavy atom. The van der Waals surface area contributed by atoms with E-state index in [1.165, 1.54) is 0 Å². The van der Waals surface area contributed by atoms with Gasteiger partial charge in [-0.3, -0.25) is 4.98 Å². The second-order valence-electron chi connectivity index (χ2n) is 4.07. The number of aromatic nitrogens is 3. The third-order valence-corrected chi connectivity index (χ3v) is 4.87. The number of pyridine rings is 1. The first-order chi connectivity index (χ1) is 9.19. The summed E-state index contributed by atoms with van der Waals surface area (Å²) in [6, 6.07) is 4.07. The van der Waals surface area contributed by atoms with Crippen molar-refractivity contribution in [3.8, 4) is 11.4 Å². The molecular weight excluding hydrogens is 371 g/mol. The molecule has 3 heterocycles. The summed E-state index contributed by atoms with van der Waals surface area (Å²) in [7, 11) is 0. The standard InChI is InChI=1S/C13H11IN4S/c1-2-8-11(14)12(15)18-13(17-8)7-5-10-9(16-6-7)3-4-19-10/h3-6H,2H2,1H3,(H2,15,17,18). The van der Waals surface area contributed by atoms with Crippen LogP contribution in [-0.4, -0.2) is 15.0 Å². The molecule has 0 saturated carbocycles. The van der Waals surface area contributed by atoms with Gasteiger partial charge in [-0.05, 0) is 46.5 Å². The molecule has 19 heavy (non-hydrogen) atoms. The minimum atomic E-state index is 0.536. The number of hydrogen-bond donors (Lipinski definition) is 1. The molecule has 3 rings (SSSR count). The van der Waals surface area contributed by atoms with E-state index in [4.69, 9.17) is 5.73 Å². The molecule has 3 aromatic rings. The minimum Gasteiger partial charge on any atom is -0.383 e. The van der Waals surface area contributed by atoms with Crippen molar-refractivity contribution in [2.24, 2.45) is 0 Å². The number of halogens is 1. The van der Waals surface area contributed by atoms with Crippen LogP contribution in [-0.2, 0) is 6.42 Å². The number of nitrogens with two attached hydrogens (primary N) is 1. The van der Waals surface area contributed by atoms with Crippen molar-refractivity contribution in [1.82, 2.24) is 15.0 Å². The van der Waals surface area contributed by atoms with Crippen LogP contribution in [0, 0.1) is 3.57 Å². The lowest BCUT2D eigenvalue weighted by atomic mass is 10.2. The first-order valence-corrected chi connectivity index (χ1v) is 7.80. The summed E-state index contributed by atoms with van der Waals surface area (Å²) in [6.45, 7) is 2.06. The van der Waals surface area contributed by atoms with Crippen LogP contribution in [0.25, 0.3) is 21.6 Å². The fourth-order valence-electron chi connectivity index (χ4n) is 1.85. The van der Waals surface area contributed by atoms with Crippen molar-refractivity contribution in [2.75, 3.05) is 5.73 Å². The fraction of sp³-hybridized carbons (Fsp3) is 0.154. The Morgan fingerprint density at radius 1 is 1.37 bits per heavy atom. The number of nitrogens with zero attached hydrogens (tertiary/aromatic N) is 3. The fourth-order valence-corrected chi connectivity index (χ4v) is 3.25. The van der Waals surface area contributed by atoms with Crippen molar-refractivity contribution < 1.29 is 0 Å². The second kappa shape index (κ2) is 5.01. The lowest BCUT2D eigenvalue weighted by Crippen LogP contribution is -2.04. The maximum atomic E-state index is 5.95. The van der Waals surface area contributed by atoms with Crippen molar-refractivity contribution >= 4 is 50.0 Å². The van der Waals surface area contributed by atoms with Crippen LogP contribution < -0.4 is 5.73 Å². The molecule has 6 heteroatoms. The first kappa shape index (κ1) is 12.7. The predicted octanol–water partition coefficient (Wildman–Crippen LogP) is 3.50. The van der Waals surface area contributed by atoms with Gasteiger partial charge in [0.05, 0.1) is 19.5 Å². The molecule has 2 N–H and O–H groups in total. The number of rotatable bonds is 2. The summed E-state index contributed by atoms with van der Waals surface area (Å²) in [5, 5.41) is 2.03. The molecule has 0 aliphatic carbocycles. The zero-order chi connectivity index (χ0) is 13.4. The van der Waals surface area contributed by atoms with Crippen LogP contribution in [0.4, 0.5) is 5.82 Å². The van der Waals surface area contributed by atoms with Crippen LogP contribution in [0.15, 0.2) is 23.7 Å². The summed E-state index contributed by atoms with van der Waals surface area (Å²) in [4.78, 5) is 13.4. The van der Waals surface area contributed by atoms with E-state index in [0.29, 0.717) is 11.6 Å². The molecule has 96 valence electrons. The second-order valence-corrected chi connectivity index (χ2v) is 6.10. The van der Waals surface area contributed by atoms with E-state index in [0.717, 1.165) is 31.5 Å². The van der Waals surface area contributed by atoms with Gasteiger partial charge in [0.15, 0.2) is 5.82 Å². The van der Waals surface area contributed by atoms with Crippen LogP contribution >= 0.6 is 33.9 Å². The highest BCUT2D eigenvalue weighted by Gasteiger charge is 2.11. The maximum absolute atomic E-state index is 5.95. The van der Waals surface area contributed by atoms with Gasteiger partial charge in [-0.1, -0.05) is 6.92 Å². The van der Waals surface area contributed by atoms with Gasteiger partial charge in [0, 0.05) is 11.8 Å². The Labute approximate surface area is 128 Å². The number of anilines is 1. The zero-order valence-electron chi connectivity index (χ0n) is 10.2. The molecule has 0 spiro atoms. The quantitative estimate of drug-likeness (QED) is 0.689. The molecule has 0 unspecified atom stereocenters. The van der Waals surface area contributed by atoms with E-state index in [9.17, 15) is 0 Å². The minimum absolute atomic E-state index is 0.536. The number of aryl methyl sites for hydroxylation is 1. The normalized spacial score (nSPS) is 11.1. The topological polar surface area (TPSA) is 64.7 Å².